The van der Waals surface area contributed by atoms with Crippen molar-refractivity contribution >= 4 is 50.7 Å². The quantitative estimate of drug-likeness (QED) is 0.608. The van der Waals surface area contributed by atoms with Crippen molar-refractivity contribution in [3.05, 3.63) is 20.6 Å². The number of rotatable bonds is 1. The number of hydrogen-bond donors (Lipinski definition) is 0. The summed E-state index contributed by atoms with van der Waals surface area (Å²) in [5.74, 6) is 0. The molecule has 0 atom stereocenters. The molecule has 0 N–H and O–H groups in total. The summed E-state index contributed by atoms with van der Waals surface area (Å²) in [6.45, 7) is 0. The van der Waals surface area contributed by atoms with Gasteiger partial charge in [-0.05, 0) is 28.1 Å². The second kappa shape index (κ2) is 4.68. The second-order valence-electron chi connectivity index (χ2n) is 0.913. The van der Waals surface area contributed by atoms with Crippen molar-refractivity contribution in [2.24, 2.45) is 0 Å². The second-order valence-corrected chi connectivity index (χ2v) is 3.64. The van der Waals surface area contributed by atoms with E-state index in [4.69, 9.17) is 34.8 Å². The fraction of sp³-hybridized carbons (Fsp3) is 0. The highest BCUT2D eigenvalue weighted by Crippen LogP contribution is 2.12. The summed E-state index contributed by atoms with van der Waals surface area (Å²) in [6.07, 6.45) is 3.01. The fourth-order valence-electron chi connectivity index (χ4n) is 0.126. The smallest absolute Gasteiger partial charge is 0.0762 e. The third-order valence-corrected chi connectivity index (χ3v) is 0.978. The first kappa shape index (κ1) is 8.83. The van der Waals surface area contributed by atoms with Crippen LogP contribution in [0.25, 0.3) is 0 Å². The maximum atomic E-state index is 5.34. The number of halogens is 4. The van der Waals surface area contributed by atoms with Gasteiger partial charge in [-0.1, -0.05) is 34.8 Å². The van der Waals surface area contributed by atoms with E-state index in [1.54, 1.807) is 0 Å². The van der Waals surface area contributed by atoms with Gasteiger partial charge < -0.3 is 0 Å². The van der Waals surface area contributed by atoms with Crippen molar-refractivity contribution in [3.63, 3.8) is 0 Å². The molecule has 4 heteroatoms. The maximum Gasteiger partial charge on any atom is 0.106 e. The Morgan fingerprint density at radius 1 is 1.12 bits per heavy atom. The summed E-state index contributed by atoms with van der Waals surface area (Å²) in [4.78, 5) is 0. The van der Waals surface area contributed by atoms with Gasteiger partial charge in [0, 0.05) is 0 Å². The van der Waals surface area contributed by atoms with Gasteiger partial charge >= 0.3 is 0 Å². The average Bonchev–Trinajstić information content (AvgIpc) is 1.61. The molecule has 0 saturated heterocycles. The first-order valence-corrected chi connectivity index (χ1v) is 3.59. The molecule has 0 aromatic carbocycles. The van der Waals surface area contributed by atoms with Crippen molar-refractivity contribution in [3.8, 4) is 0 Å². The number of allylic oxidation sites excluding steroid dienone is 2. The minimum Gasteiger partial charge on any atom is -0.0762 e. The molecule has 0 heterocycles. The van der Waals surface area contributed by atoms with Gasteiger partial charge in [0.05, 0.1) is 3.94 Å². The molecule has 46 valence electrons. The summed E-state index contributed by atoms with van der Waals surface area (Å²) in [7, 11) is 0. The Balaban J connectivity index is 3.76. The summed E-state index contributed by atoms with van der Waals surface area (Å²) in [6, 6.07) is 0. The van der Waals surface area contributed by atoms with E-state index in [0.29, 0.717) is 3.94 Å². The Morgan fingerprint density at radius 3 is 1.75 bits per heavy atom. The van der Waals surface area contributed by atoms with E-state index >= 15 is 0 Å². The molecular weight excluding hydrogens is 234 g/mol. The summed E-state index contributed by atoms with van der Waals surface area (Å²) < 4.78 is 0.652. The molecule has 0 spiro atoms. The summed E-state index contributed by atoms with van der Waals surface area (Å²) in [5, 5.41) is 0. The van der Waals surface area contributed by atoms with Crippen LogP contribution in [0.3, 0.4) is 0 Å². The van der Waals surface area contributed by atoms with Crippen molar-refractivity contribution in [1.29, 1.82) is 0 Å². The highest BCUT2D eigenvalue weighted by Gasteiger charge is 1.79. The molecule has 0 rings (SSSR count). The van der Waals surface area contributed by atoms with Crippen LogP contribution in [0, 0.1) is 0 Å². The molecule has 0 radical (unpaired) electrons. The standard InChI is InChI=1S/C4H2BrCl3/c5-3(6)1-2-4(7)8/h1-2H/b3-1-. The summed E-state index contributed by atoms with van der Waals surface area (Å²) >= 11 is 18.8. The van der Waals surface area contributed by atoms with Crippen LogP contribution < -0.4 is 0 Å². The third-order valence-electron chi connectivity index (χ3n) is 0.335. The Bertz CT molecular complexity index is 103. The molecule has 0 fully saturated rings. The SMILES string of the molecule is ClC(Cl)=C/C=C(\Cl)Br. The molecule has 0 nitrogen and oxygen atoms in total. The molecule has 0 aliphatic heterocycles. The molecule has 0 aromatic rings. The molecule has 0 unspecified atom stereocenters. The van der Waals surface area contributed by atoms with E-state index in [9.17, 15) is 0 Å². The normalized spacial score (nSPS) is 11.2. The highest BCUT2D eigenvalue weighted by molar-refractivity contribution is 9.12. The highest BCUT2D eigenvalue weighted by atomic mass is 79.9. The van der Waals surface area contributed by atoms with Gasteiger partial charge in [0.1, 0.15) is 4.49 Å². The van der Waals surface area contributed by atoms with E-state index in [1.165, 1.54) is 12.2 Å². The maximum absolute atomic E-state index is 5.34. The van der Waals surface area contributed by atoms with Crippen LogP contribution >= 0.6 is 50.7 Å². The van der Waals surface area contributed by atoms with E-state index < -0.39 is 0 Å². The first-order chi connectivity index (χ1) is 3.63. The van der Waals surface area contributed by atoms with Crippen molar-refractivity contribution in [1.82, 2.24) is 0 Å². The van der Waals surface area contributed by atoms with Crippen LogP contribution in [0.15, 0.2) is 20.6 Å². The molecule has 8 heavy (non-hydrogen) atoms. The van der Waals surface area contributed by atoms with Crippen molar-refractivity contribution in [2.75, 3.05) is 0 Å². The van der Waals surface area contributed by atoms with Crippen LogP contribution in [-0.4, -0.2) is 0 Å². The lowest BCUT2D eigenvalue weighted by Crippen LogP contribution is -1.50. The Labute approximate surface area is 71.2 Å². The predicted octanol–water partition coefficient (Wildman–Crippen LogP) is 3.78. The van der Waals surface area contributed by atoms with E-state index in [2.05, 4.69) is 15.9 Å². The molecule has 0 bridgehead atoms. The van der Waals surface area contributed by atoms with Crippen LogP contribution in [0.4, 0.5) is 0 Å². The van der Waals surface area contributed by atoms with E-state index in [1.807, 2.05) is 0 Å². The lowest BCUT2D eigenvalue weighted by Gasteiger charge is -1.76. The monoisotopic (exact) mass is 234 g/mol. The van der Waals surface area contributed by atoms with Gasteiger partial charge in [-0.25, -0.2) is 0 Å². The average molecular weight is 236 g/mol. The van der Waals surface area contributed by atoms with Gasteiger partial charge in [0.25, 0.3) is 0 Å². The predicted molar refractivity (Wildman–Crippen MR) is 42.7 cm³/mol. The molecular formula is C4H2BrCl3. The fourth-order valence-corrected chi connectivity index (χ4v) is 0.447. The zero-order valence-electron chi connectivity index (χ0n) is 3.67. The lowest BCUT2D eigenvalue weighted by molar-refractivity contribution is 2.02. The molecule has 0 aliphatic carbocycles. The first-order valence-electron chi connectivity index (χ1n) is 1.67. The summed E-state index contributed by atoms with van der Waals surface area (Å²) in [5.41, 5.74) is 0. The minimum atomic E-state index is 0.183. The van der Waals surface area contributed by atoms with Crippen molar-refractivity contribution < 1.29 is 0 Å². The Kier molecular flexibility index (Phi) is 5.17. The van der Waals surface area contributed by atoms with Crippen LogP contribution in [0.2, 0.25) is 0 Å². The molecule has 0 amide bonds. The van der Waals surface area contributed by atoms with E-state index in [0.717, 1.165) is 0 Å². The van der Waals surface area contributed by atoms with Gasteiger partial charge in [0.15, 0.2) is 0 Å². The van der Waals surface area contributed by atoms with Gasteiger partial charge in [0.2, 0.25) is 0 Å². The van der Waals surface area contributed by atoms with Crippen LogP contribution in [-0.2, 0) is 0 Å². The Hall–Kier alpha value is 0.830. The number of hydrogen-bond acceptors (Lipinski definition) is 0. The van der Waals surface area contributed by atoms with Gasteiger partial charge in [-0.2, -0.15) is 0 Å². The third kappa shape index (κ3) is 6.83. The zero-order chi connectivity index (χ0) is 6.57. The van der Waals surface area contributed by atoms with Crippen LogP contribution in [0.1, 0.15) is 0 Å². The minimum absolute atomic E-state index is 0.183. The van der Waals surface area contributed by atoms with Crippen LogP contribution in [0.5, 0.6) is 0 Å². The lowest BCUT2D eigenvalue weighted by atomic mass is 10.6. The van der Waals surface area contributed by atoms with Gasteiger partial charge in [-0.15, -0.1) is 0 Å². The topological polar surface area (TPSA) is 0 Å². The van der Waals surface area contributed by atoms with E-state index in [-0.39, 0.29) is 4.49 Å². The zero-order valence-corrected chi connectivity index (χ0v) is 7.52. The molecule has 0 saturated carbocycles. The molecule has 0 aliphatic rings. The Morgan fingerprint density at radius 2 is 1.62 bits per heavy atom. The van der Waals surface area contributed by atoms with Gasteiger partial charge in [-0.3, -0.25) is 0 Å². The van der Waals surface area contributed by atoms with Crippen molar-refractivity contribution in [2.45, 2.75) is 0 Å². The molecule has 0 aromatic heterocycles. The largest absolute Gasteiger partial charge is 0.106 e.